The van der Waals surface area contributed by atoms with Crippen LogP contribution in [0.15, 0.2) is 60.1 Å². The van der Waals surface area contributed by atoms with Gasteiger partial charge in [-0.1, -0.05) is 12.1 Å². The molecule has 1 saturated heterocycles. The summed E-state index contributed by atoms with van der Waals surface area (Å²) in [6, 6.07) is 9.51. The predicted octanol–water partition coefficient (Wildman–Crippen LogP) is 4.06. The van der Waals surface area contributed by atoms with E-state index in [4.69, 9.17) is 4.74 Å². The summed E-state index contributed by atoms with van der Waals surface area (Å²) < 4.78 is 5.22. The van der Waals surface area contributed by atoms with Crippen LogP contribution in [0.25, 0.3) is 12.2 Å². The molecule has 5 heteroatoms. The van der Waals surface area contributed by atoms with Gasteiger partial charge in [0.15, 0.2) is 11.6 Å². The standard InChI is InChI=1S/C12H13NO.C11H11NO2/c14-12-7-2-1-5-10(12)9-11-6-3-4-8-13-11;13-11-3-5-14-8-10(11)6-9-2-1-4-12-7-9/h3-4,6,8-9H,1-2,5,7H2;1-2,4,6-7H,3,5,8H2/b10-9+;10-6+. The van der Waals surface area contributed by atoms with Crippen LogP contribution in [0.3, 0.4) is 0 Å². The van der Waals surface area contributed by atoms with Gasteiger partial charge in [0.2, 0.25) is 0 Å². The van der Waals surface area contributed by atoms with Crippen LogP contribution in [0.4, 0.5) is 0 Å². The monoisotopic (exact) mass is 376 g/mol. The van der Waals surface area contributed by atoms with Crippen molar-refractivity contribution < 1.29 is 14.3 Å². The number of nitrogens with zero attached hydrogens (tertiary/aromatic N) is 2. The molecule has 5 nitrogen and oxygen atoms in total. The molecule has 2 fully saturated rings. The van der Waals surface area contributed by atoms with Crippen LogP contribution in [0, 0.1) is 0 Å². The zero-order valence-electron chi connectivity index (χ0n) is 15.8. The highest BCUT2D eigenvalue weighted by atomic mass is 16.5. The molecule has 1 saturated carbocycles. The van der Waals surface area contributed by atoms with Gasteiger partial charge in [0.05, 0.1) is 18.9 Å². The summed E-state index contributed by atoms with van der Waals surface area (Å²) in [5.41, 5.74) is 3.51. The van der Waals surface area contributed by atoms with Crippen molar-refractivity contribution in [1.29, 1.82) is 0 Å². The maximum absolute atomic E-state index is 11.5. The highest BCUT2D eigenvalue weighted by Crippen LogP contribution is 2.21. The minimum Gasteiger partial charge on any atom is -0.376 e. The Hall–Kier alpha value is -2.92. The summed E-state index contributed by atoms with van der Waals surface area (Å²) in [5, 5.41) is 0. The Balaban J connectivity index is 0.000000161. The maximum Gasteiger partial charge on any atom is 0.163 e. The van der Waals surface area contributed by atoms with Crippen molar-refractivity contribution in [3.8, 4) is 0 Å². The molecule has 144 valence electrons. The molecular weight excluding hydrogens is 352 g/mol. The number of ketones is 2. The molecule has 0 aromatic carbocycles. The second-order valence-electron chi connectivity index (χ2n) is 6.74. The summed E-state index contributed by atoms with van der Waals surface area (Å²) in [7, 11) is 0. The molecular formula is C23H24N2O3. The average molecular weight is 376 g/mol. The predicted molar refractivity (Wildman–Crippen MR) is 108 cm³/mol. The molecule has 0 radical (unpaired) electrons. The topological polar surface area (TPSA) is 69.2 Å². The van der Waals surface area contributed by atoms with Gasteiger partial charge in [-0.15, -0.1) is 0 Å². The van der Waals surface area contributed by atoms with Gasteiger partial charge in [-0.25, -0.2) is 0 Å². The van der Waals surface area contributed by atoms with E-state index in [0.29, 0.717) is 31.8 Å². The van der Waals surface area contributed by atoms with E-state index >= 15 is 0 Å². The third-order valence-corrected chi connectivity index (χ3v) is 4.58. The smallest absolute Gasteiger partial charge is 0.163 e. The van der Waals surface area contributed by atoms with Crippen molar-refractivity contribution >= 4 is 23.7 Å². The lowest BCUT2D eigenvalue weighted by atomic mass is 9.93. The lowest BCUT2D eigenvalue weighted by Crippen LogP contribution is -2.18. The molecule has 2 aromatic rings. The van der Waals surface area contributed by atoms with Crippen LogP contribution in [0.2, 0.25) is 0 Å². The van der Waals surface area contributed by atoms with Gasteiger partial charge in [-0.2, -0.15) is 0 Å². The molecule has 1 aliphatic carbocycles. The Bertz CT molecular complexity index is 784. The Morgan fingerprint density at radius 1 is 0.857 bits per heavy atom. The molecule has 3 heterocycles. The van der Waals surface area contributed by atoms with E-state index in [1.807, 2.05) is 42.5 Å². The van der Waals surface area contributed by atoms with Gasteiger partial charge < -0.3 is 4.74 Å². The van der Waals surface area contributed by atoms with E-state index in [2.05, 4.69) is 9.97 Å². The summed E-state index contributed by atoms with van der Waals surface area (Å²) in [4.78, 5) is 31.1. The number of hydrogen-bond acceptors (Lipinski definition) is 5. The number of pyridine rings is 2. The van der Waals surface area contributed by atoms with Crippen LogP contribution in [0.5, 0.6) is 0 Å². The molecule has 0 atom stereocenters. The third-order valence-electron chi connectivity index (χ3n) is 4.58. The largest absolute Gasteiger partial charge is 0.376 e. The second kappa shape index (κ2) is 10.4. The molecule has 2 aromatic heterocycles. The fourth-order valence-corrected chi connectivity index (χ4v) is 3.07. The van der Waals surface area contributed by atoms with Gasteiger partial charge in [0.25, 0.3) is 0 Å². The SMILES string of the molecule is O=C1CCCC/C1=C\c1ccccn1.O=C1CCOC/C1=C\c1cccnc1. The van der Waals surface area contributed by atoms with E-state index in [1.165, 1.54) is 0 Å². The first-order valence-corrected chi connectivity index (χ1v) is 9.59. The van der Waals surface area contributed by atoms with Crippen molar-refractivity contribution in [2.24, 2.45) is 0 Å². The molecule has 0 amide bonds. The molecule has 2 aliphatic rings. The minimum atomic E-state index is 0.181. The summed E-state index contributed by atoms with van der Waals surface area (Å²) in [6.45, 7) is 0.969. The van der Waals surface area contributed by atoms with Crippen molar-refractivity contribution in [3.05, 3.63) is 71.3 Å². The highest BCUT2D eigenvalue weighted by molar-refractivity contribution is 6.00. The summed E-state index contributed by atoms with van der Waals surface area (Å²) in [5.74, 6) is 0.474. The van der Waals surface area contributed by atoms with Gasteiger partial charge in [0.1, 0.15) is 0 Å². The highest BCUT2D eigenvalue weighted by Gasteiger charge is 2.15. The number of ether oxygens (including phenoxy) is 1. The number of allylic oxidation sites excluding steroid dienone is 1. The fourth-order valence-electron chi connectivity index (χ4n) is 3.07. The number of Topliss-reactive ketones (excluding diaryl/α,β-unsaturated/α-hetero) is 2. The van der Waals surface area contributed by atoms with Gasteiger partial charge in [-0.3, -0.25) is 19.6 Å². The summed E-state index contributed by atoms with van der Waals surface area (Å²) in [6.07, 6.45) is 13.2. The Morgan fingerprint density at radius 2 is 1.71 bits per heavy atom. The molecule has 28 heavy (non-hydrogen) atoms. The van der Waals surface area contributed by atoms with E-state index < -0.39 is 0 Å². The number of rotatable bonds is 2. The number of carbonyl (C=O) groups is 2. The fraction of sp³-hybridized carbons (Fsp3) is 0.304. The lowest BCUT2D eigenvalue weighted by molar-refractivity contribution is -0.119. The maximum atomic E-state index is 11.5. The molecule has 4 rings (SSSR count). The second-order valence-corrected chi connectivity index (χ2v) is 6.74. The van der Waals surface area contributed by atoms with Crippen molar-refractivity contribution in [2.75, 3.05) is 13.2 Å². The number of aromatic nitrogens is 2. The quantitative estimate of drug-likeness (QED) is 0.739. The van der Waals surface area contributed by atoms with Crippen molar-refractivity contribution in [3.63, 3.8) is 0 Å². The average Bonchev–Trinajstić information content (AvgIpc) is 2.74. The first kappa shape index (κ1) is 19.8. The first-order valence-electron chi connectivity index (χ1n) is 9.59. The van der Waals surface area contributed by atoms with Gasteiger partial charge >= 0.3 is 0 Å². The van der Waals surface area contributed by atoms with Crippen LogP contribution < -0.4 is 0 Å². The lowest BCUT2D eigenvalue weighted by Gasteiger charge is -2.13. The van der Waals surface area contributed by atoms with Gasteiger partial charge in [-0.05, 0) is 60.8 Å². The van der Waals surface area contributed by atoms with Crippen LogP contribution in [0.1, 0.15) is 43.4 Å². The van der Waals surface area contributed by atoms with Gasteiger partial charge in [0, 0.05) is 37.0 Å². The minimum absolute atomic E-state index is 0.181. The van der Waals surface area contributed by atoms with E-state index in [0.717, 1.165) is 41.7 Å². The molecule has 0 N–H and O–H groups in total. The number of hydrogen-bond donors (Lipinski definition) is 0. The molecule has 0 unspecified atom stereocenters. The number of carbonyl (C=O) groups excluding carboxylic acids is 2. The van der Waals surface area contributed by atoms with Crippen molar-refractivity contribution in [1.82, 2.24) is 9.97 Å². The normalized spacial score (nSPS) is 20.0. The Kier molecular flexibility index (Phi) is 7.38. The zero-order chi connectivity index (χ0) is 19.6. The summed E-state index contributed by atoms with van der Waals surface area (Å²) >= 11 is 0. The Morgan fingerprint density at radius 3 is 2.43 bits per heavy atom. The zero-order valence-corrected chi connectivity index (χ0v) is 15.8. The third kappa shape index (κ3) is 6.06. The molecule has 0 bridgehead atoms. The molecule has 0 spiro atoms. The van der Waals surface area contributed by atoms with E-state index in [-0.39, 0.29) is 5.78 Å². The van der Waals surface area contributed by atoms with Crippen molar-refractivity contribution in [2.45, 2.75) is 32.1 Å². The van der Waals surface area contributed by atoms with E-state index in [1.54, 1.807) is 18.6 Å². The first-order chi connectivity index (χ1) is 13.7. The van der Waals surface area contributed by atoms with E-state index in [9.17, 15) is 9.59 Å². The van der Waals surface area contributed by atoms with Crippen LogP contribution >= 0.6 is 0 Å². The Labute approximate surface area is 165 Å². The molecule has 1 aliphatic heterocycles. The van der Waals surface area contributed by atoms with Crippen LogP contribution in [-0.4, -0.2) is 34.7 Å². The van der Waals surface area contributed by atoms with Crippen LogP contribution in [-0.2, 0) is 14.3 Å².